The van der Waals surface area contributed by atoms with Gasteiger partial charge in [0.25, 0.3) is 5.91 Å². The van der Waals surface area contributed by atoms with Gasteiger partial charge in [0, 0.05) is 18.7 Å². The van der Waals surface area contributed by atoms with Gasteiger partial charge in [-0.05, 0) is 25.8 Å². The number of nitrogens with one attached hydrogen (secondary N) is 1. The molecule has 0 radical (unpaired) electrons. The Morgan fingerprint density at radius 1 is 1.25 bits per heavy atom. The number of hydrogen-bond acceptors (Lipinski definition) is 5. The van der Waals surface area contributed by atoms with Crippen molar-refractivity contribution in [2.24, 2.45) is 0 Å². The van der Waals surface area contributed by atoms with Crippen molar-refractivity contribution < 1.29 is 14.0 Å². The minimum Gasteiger partial charge on any atom is -0.459 e. The van der Waals surface area contributed by atoms with Gasteiger partial charge in [-0.1, -0.05) is 12.8 Å². The largest absolute Gasteiger partial charge is 0.459 e. The summed E-state index contributed by atoms with van der Waals surface area (Å²) in [6, 6.07) is 1.71. The number of aromatic nitrogens is 3. The molecule has 0 aliphatic carbocycles. The third kappa shape index (κ3) is 3.81. The number of carbonyl (C=O) groups is 2. The summed E-state index contributed by atoms with van der Waals surface area (Å²) in [6.45, 7) is 3.51. The normalized spacial score (nSPS) is 15.1. The summed E-state index contributed by atoms with van der Waals surface area (Å²) >= 11 is 0. The van der Waals surface area contributed by atoms with Crippen LogP contribution >= 0.6 is 0 Å². The number of anilines is 1. The average Bonchev–Trinajstić information content (AvgIpc) is 3.07. The van der Waals surface area contributed by atoms with Crippen LogP contribution in [0.3, 0.4) is 0 Å². The van der Waals surface area contributed by atoms with Crippen LogP contribution in [-0.2, 0) is 11.3 Å². The van der Waals surface area contributed by atoms with E-state index in [9.17, 15) is 9.59 Å². The molecule has 2 aromatic rings. The molecule has 128 valence electrons. The number of nitrogens with zero attached hydrogens (tertiary/aromatic N) is 4. The van der Waals surface area contributed by atoms with Crippen LogP contribution < -0.4 is 5.32 Å². The van der Waals surface area contributed by atoms with E-state index in [1.54, 1.807) is 13.0 Å². The van der Waals surface area contributed by atoms with Gasteiger partial charge in [-0.3, -0.25) is 14.9 Å². The molecule has 0 atom stereocenters. The predicted molar refractivity (Wildman–Crippen MR) is 86.5 cm³/mol. The highest BCUT2D eigenvalue weighted by molar-refractivity contribution is 6.02. The van der Waals surface area contributed by atoms with E-state index in [0.29, 0.717) is 0 Å². The molecule has 8 nitrogen and oxygen atoms in total. The Morgan fingerprint density at radius 2 is 2.00 bits per heavy atom. The van der Waals surface area contributed by atoms with E-state index in [4.69, 9.17) is 4.42 Å². The summed E-state index contributed by atoms with van der Waals surface area (Å²) in [5, 5.41) is 6.70. The fourth-order valence-corrected chi connectivity index (χ4v) is 2.75. The van der Waals surface area contributed by atoms with Crippen LogP contribution in [-0.4, -0.2) is 44.6 Å². The van der Waals surface area contributed by atoms with E-state index in [0.717, 1.165) is 31.5 Å². The number of amides is 2. The monoisotopic (exact) mass is 331 g/mol. The molecule has 3 rings (SSSR count). The molecule has 1 aliphatic rings. The molecule has 0 unspecified atom stereocenters. The standard InChI is InChI=1S/C16H21N5O3/c1-12-6-9-24-14(12)15(23)18-16-17-11-21(19-16)10-13(22)20-7-4-2-3-5-8-20/h6,9,11H,2-5,7-8,10H2,1H3,(H,18,19,23). The molecule has 0 spiro atoms. The summed E-state index contributed by atoms with van der Waals surface area (Å²) in [5.74, 6) is 0.00195. The summed E-state index contributed by atoms with van der Waals surface area (Å²) in [6.07, 6.45) is 7.35. The van der Waals surface area contributed by atoms with Crippen LogP contribution in [0.25, 0.3) is 0 Å². The Balaban J connectivity index is 1.58. The molecule has 1 fully saturated rings. The van der Waals surface area contributed by atoms with E-state index < -0.39 is 5.91 Å². The molecule has 0 aromatic carbocycles. The van der Waals surface area contributed by atoms with Crippen molar-refractivity contribution in [2.45, 2.75) is 39.2 Å². The maximum Gasteiger partial charge on any atom is 0.294 e. The SMILES string of the molecule is Cc1ccoc1C(=O)Nc1ncn(CC(=O)N2CCCCCC2)n1. The zero-order valence-electron chi connectivity index (χ0n) is 13.7. The molecule has 3 heterocycles. The first kappa shape index (κ1) is 16.2. The lowest BCUT2D eigenvalue weighted by Crippen LogP contribution is -2.34. The molecule has 2 amide bonds. The van der Waals surface area contributed by atoms with Gasteiger partial charge in [0.05, 0.1) is 6.26 Å². The second-order valence-electron chi connectivity index (χ2n) is 5.95. The fraction of sp³-hybridized carbons (Fsp3) is 0.500. The molecule has 1 aliphatic heterocycles. The van der Waals surface area contributed by atoms with Gasteiger partial charge in [-0.25, -0.2) is 9.67 Å². The van der Waals surface area contributed by atoms with Crippen LogP contribution in [0, 0.1) is 6.92 Å². The lowest BCUT2D eigenvalue weighted by atomic mass is 10.2. The minimum absolute atomic E-state index is 0.0292. The topological polar surface area (TPSA) is 93.3 Å². The van der Waals surface area contributed by atoms with E-state index in [1.165, 1.54) is 30.1 Å². The van der Waals surface area contributed by atoms with Crippen LogP contribution in [0.1, 0.15) is 41.8 Å². The quantitative estimate of drug-likeness (QED) is 0.922. The van der Waals surface area contributed by atoms with Crippen molar-refractivity contribution in [3.05, 3.63) is 30.0 Å². The fourth-order valence-electron chi connectivity index (χ4n) is 2.75. The van der Waals surface area contributed by atoms with Gasteiger partial charge in [0.1, 0.15) is 12.9 Å². The van der Waals surface area contributed by atoms with Crippen molar-refractivity contribution in [1.82, 2.24) is 19.7 Å². The van der Waals surface area contributed by atoms with Crippen molar-refractivity contribution in [1.29, 1.82) is 0 Å². The van der Waals surface area contributed by atoms with Crippen molar-refractivity contribution in [2.75, 3.05) is 18.4 Å². The van der Waals surface area contributed by atoms with Crippen LogP contribution in [0.2, 0.25) is 0 Å². The first-order valence-corrected chi connectivity index (χ1v) is 8.16. The maximum absolute atomic E-state index is 12.3. The Kier molecular flexibility index (Phi) is 4.93. The second-order valence-corrected chi connectivity index (χ2v) is 5.95. The van der Waals surface area contributed by atoms with Gasteiger partial charge in [0.15, 0.2) is 5.76 Å². The van der Waals surface area contributed by atoms with E-state index in [1.807, 2.05) is 4.90 Å². The highest BCUT2D eigenvalue weighted by atomic mass is 16.3. The smallest absolute Gasteiger partial charge is 0.294 e. The van der Waals surface area contributed by atoms with Gasteiger partial charge < -0.3 is 9.32 Å². The first-order valence-electron chi connectivity index (χ1n) is 8.16. The molecule has 0 bridgehead atoms. The Bertz CT molecular complexity index is 713. The molecular formula is C16H21N5O3. The van der Waals surface area contributed by atoms with E-state index >= 15 is 0 Å². The molecule has 8 heteroatoms. The zero-order chi connectivity index (χ0) is 16.9. The zero-order valence-corrected chi connectivity index (χ0v) is 13.7. The number of furan rings is 1. The lowest BCUT2D eigenvalue weighted by molar-refractivity contribution is -0.132. The Hall–Kier alpha value is -2.64. The maximum atomic E-state index is 12.3. The van der Waals surface area contributed by atoms with Crippen LogP contribution in [0.15, 0.2) is 23.1 Å². The summed E-state index contributed by atoms with van der Waals surface area (Å²) in [4.78, 5) is 30.3. The van der Waals surface area contributed by atoms with Crippen molar-refractivity contribution in [3.63, 3.8) is 0 Å². The van der Waals surface area contributed by atoms with E-state index in [2.05, 4.69) is 15.4 Å². The molecular weight excluding hydrogens is 310 g/mol. The van der Waals surface area contributed by atoms with E-state index in [-0.39, 0.29) is 24.2 Å². The summed E-state index contributed by atoms with van der Waals surface area (Å²) < 4.78 is 6.57. The molecule has 1 N–H and O–H groups in total. The van der Waals surface area contributed by atoms with Crippen molar-refractivity contribution >= 4 is 17.8 Å². The highest BCUT2D eigenvalue weighted by Gasteiger charge is 2.18. The molecule has 24 heavy (non-hydrogen) atoms. The Labute approximate surface area is 139 Å². The first-order chi connectivity index (χ1) is 11.6. The summed E-state index contributed by atoms with van der Waals surface area (Å²) in [7, 11) is 0. The Morgan fingerprint density at radius 3 is 2.67 bits per heavy atom. The van der Waals surface area contributed by atoms with Gasteiger partial charge >= 0.3 is 0 Å². The van der Waals surface area contributed by atoms with Crippen LogP contribution in [0.4, 0.5) is 5.95 Å². The summed E-state index contributed by atoms with van der Waals surface area (Å²) in [5.41, 5.74) is 0.739. The minimum atomic E-state index is -0.408. The predicted octanol–water partition coefficient (Wildman–Crippen LogP) is 1.83. The van der Waals surface area contributed by atoms with Gasteiger partial charge in [-0.15, -0.1) is 5.10 Å². The lowest BCUT2D eigenvalue weighted by Gasteiger charge is -2.19. The van der Waals surface area contributed by atoms with Crippen LogP contribution in [0.5, 0.6) is 0 Å². The second kappa shape index (κ2) is 7.29. The molecule has 2 aromatic heterocycles. The third-order valence-electron chi connectivity index (χ3n) is 4.09. The van der Waals surface area contributed by atoms with Gasteiger partial charge in [0.2, 0.25) is 11.9 Å². The molecule has 0 saturated carbocycles. The number of likely N-dealkylation sites (tertiary alicyclic amines) is 1. The van der Waals surface area contributed by atoms with Crippen molar-refractivity contribution in [3.8, 4) is 0 Å². The third-order valence-corrected chi connectivity index (χ3v) is 4.09. The average molecular weight is 331 g/mol. The number of carbonyl (C=O) groups excluding carboxylic acids is 2. The molecule has 1 saturated heterocycles. The number of rotatable bonds is 4. The van der Waals surface area contributed by atoms with Gasteiger partial charge in [-0.2, -0.15) is 0 Å². The number of hydrogen-bond donors (Lipinski definition) is 1. The highest BCUT2D eigenvalue weighted by Crippen LogP contribution is 2.12. The number of aryl methyl sites for hydroxylation is 1.